The average molecular weight is 611 g/mol. The summed E-state index contributed by atoms with van der Waals surface area (Å²) in [6, 6.07) is 1.64. The van der Waals surface area contributed by atoms with Crippen molar-refractivity contribution in [2.45, 2.75) is 33.1 Å². The predicted octanol–water partition coefficient (Wildman–Crippen LogP) is 4.68. The first-order valence-corrected chi connectivity index (χ1v) is 10.9. The molecule has 5 N–H and O–H groups in total. The predicted molar refractivity (Wildman–Crippen MR) is 129 cm³/mol. The molecular weight excluding hydrogens is 589 g/mol. The van der Waals surface area contributed by atoms with Crippen LogP contribution in [0.1, 0.15) is 29.9 Å². The van der Waals surface area contributed by atoms with Crippen LogP contribution in [0.4, 0.5) is 43.7 Å². The fourth-order valence-electron chi connectivity index (χ4n) is 2.30. The van der Waals surface area contributed by atoms with E-state index in [2.05, 4.69) is 34.1 Å². The summed E-state index contributed by atoms with van der Waals surface area (Å²) in [4.78, 5) is 44.4. The number of aryl methyl sites for hydroxylation is 1. The first-order valence-electron chi connectivity index (χ1n) is 10.2. The van der Waals surface area contributed by atoms with Crippen molar-refractivity contribution in [3.63, 3.8) is 0 Å². The molecule has 39 heavy (non-hydrogen) atoms. The van der Waals surface area contributed by atoms with Crippen LogP contribution in [0.25, 0.3) is 0 Å². The van der Waals surface area contributed by atoms with Gasteiger partial charge in [0.15, 0.2) is 22.5 Å². The number of nitrogens with two attached hydrogens (primary N) is 1. The summed E-state index contributed by atoms with van der Waals surface area (Å²) in [5.74, 6) is -5.18. The molecule has 2 aromatic heterocycles. The van der Waals surface area contributed by atoms with Gasteiger partial charge >= 0.3 is 24.3 Å². The van der Waals surface area contributed by atoms with Crippen LogP contribution < -0.4 is 16.0 Å². The molecule has 0 saturated heterocycles. The van der Waals surface area contributed by atoms with Gasteiger partial charge in [0.05, 0.1) is 11.9 Å². The minimum atomic E-state index is -5.08. The molecule has 0 bridgehead atoms. The maximum atomic E-state index is 12.5. The molecule has 0 saturated carbocycles. The molecule has 2 aromatic rings. The Morgan fingerprint density at radius 3 is 1.90 bits per heavy atom. The van der Waals surface area contributed by atoms with Gasteiger partial charge in [0.1, 0.15) is 5.15 Å². The number of carbonyl (C=O) groups is 3. The van der Waals surface area contributed by atoms with E-state index >= 15 is 0 Å². The molecular formula is C20H22Cl2F6N6O5. The Balaban J connectivity index is 0.000000848. The quantitative estimate of drug-likeness (QED) is 0.275. The van der Waals surface area contributed by atoms with Gasteiger partial charge in [-0.05, 0) is 24.5 Å². The van der Waals surface area contributed by atoms with E-state index in [0.29, 0.717) is 22.6 Å². The fraction of sp³-hybridized carbons (Fsp3) is 0.400. The van der Waals surface area contributed by atoms with Crippen LogP contribution in [0.5, 0.6) is 0 Å². The van der Waals surface area contributed by atoms with E-state index in [1.54, 1.807) is 13.0 Å². The second kappa shape index (κ2) is 14.5. The molecule has 0 spiro atoms. The topological polar surface area (TPSA) is 172 Å². The highest BCUT2D eigenvalue weighted by atomic mass is 35.5. The Labute approximate surface area is 226 Å². The molecule has 0 radical (unpaired) electrons. The SMILES string of the molecule is Cc1cc(Cl)ncc1NC(=O)c1nc(Cl)c(N(C)CC(C)C)nc1N.O=C(O)C(F)(F)F.O=C(O)C(F)(F)F. The van der Waals surface area contributed by atoms with Crippen LogP contribution in [0, 0.1) is 12.8 Å². The van der Waals surface area contributed by atoms with Crippen molar-refractivity contribution in [2.75, 3.05) is 29.5 Å². The second-order valence-corrected chi connectivity index (χ2v) is 8.47. The highest BCUT2D eigenvalue weighted by molar-refractivity contribution is 6.32. The number of anilines is 3. The Bertz CT molecular complexity index is 1160. The molecule has 2 rings (SSSR count). The molecule has 218 valence electrons. The molecule has 0 fully saturated rings. The van der Waals surface area contributed by atoms with Crippen molar-refractivity contribution in [1.82, 2.24) is 15.0 Å². The standard InChI is InChI=1S/C16H20Cl2N6O.2C2HF3O2/c1-8(2)7-24(4)15-13(18)22-12(14(19)23-15)16(25)21-10-6-20-11(17)5-9(10)3;2*3-2(4,5)1(6)7/h5-6,8H,7H2,1-4H3,(H2,19,23)(H,21,25);2*(H,6,7). The molecule has 0 atom stereocenters. The minimum absolute atomic E-state index is 0.00656. The van der Waals surface area contributed by atoms with E-state index in [1.807, 2.05) is 11.9 Å². The van der Waals surface area contributed by atoms with Crippen LogP contribution in [-0.2, 0) is 9.59 Å². The van der Waals surface area contributed by atoms with E-state index in [0.717, 1.165) is 12.1 Å². The smallest absolute Gasteiger partial charge is 0.475 e. The van der Waals surface area contributed by atoms with Gasteiger partial charge in [-0.25, -0.2) is 24.5 Å². The zero-order chi connectivity index (χ0) is 30.9. The van der Waals surface area contributed by atoms with Crippen molar-refractivity contribution in [3.8, 4) is 0 Å². The van der Waals surface area contributed by atoms with Gasteiger partial charge in [0, 0.05) is 13.6 Å². The third kappa shape index (κ3) is 12.7. The maximum Gasteiger partial charge on any atom is 0.490 e. The number of aromatic nitrogens is 3. The number of nitrogen functional groups attached to an aromatic ring is 1. The summed E-state index contributed by atoms with van der Waals surface area (Å²) in [5, 5.41) is 17.4. The largest absolute Gasteiger partial charge is 0.490 e. The first kappa shape index (κ1) is 35.4. The first-order chi connectivity index (χ1) is 17.6. The van der Waals surface area contributed by atoms with Gasteiger partial charge in [-0.3, -0.25) is 4.79 Å². The highest BCUT2D eigenvalue weighted by Gasteiger charge is 2.38. The Morgan fingerprint density at radius 2 is 1.51 bits per heavy atom. The van der Waals surface area contributed by atoms with Crippen molar-refractivity contribution in [3.05, 3.63) is 33.8 Å². The zero-order valence-electron chi connectivity index (χ0n) is 20.4. The number of aliphatic carboxylic acids is 2. The molecule has 2 heterocycles. The fourth-order valence-corrected chi connectivity index (χ4v) is 2.78. The summed E-state index contributed by atoms with van der Waals surface area (Å²) in [6.07, 6.45) is -8.70. The number of carboxylic acids is 2. The van der Waals surface area contributed by atoms with Gasteiger partial charge in [-0.1, -0.05) is 37.0 Å². The molecule has 0 unspecified atom stereocenters. The van der Waals surface area contributed by atoms with Crippen molar-refractivity contribution in [2.24, 2.45) is 5.92 Å². The number of halogens is 8. The van der Waals surface area contributed by atoms with Gasteiger partial charge in [-0.15, -0.1) is 0 Å². The number of nitrogens with one attached hydrogen (secondary N) is 1. The number of rotatable bonds is 5. The molecule has 0 aliphatic rings. The summed E-state index contributed by atoms with van der Waals surface area (Å²) < 4.78 is 63.5. The number of carboxylic acid groups (broad SMARTS) is 2. The van der Waals surface area contributed by atoms with Crippen LogP contribution in [0.3, 0.4) is 0 Å². The lowest BCUT2D eigenvalue weighted by Crippen LogP contribution is -2.26. The number of hydrogen-bond donors (Lipinski definition) is 4. The highest BCUT2D eigenvalue weighted by Crippen LogP contribution is 2.25. The van der Waals surface area contributed by atoms with Crippen molar-refractivity contribution < 1.29 is 50.9 Å². The molecule has 0 aliphatic heterocycles. The van der Waals surface area contributed by atoms with Gasteiger partial charge in [0.2, 0.25) is 0 Å². The number of amides is 1. The van der Waals surface area contributed by atoms with Crippen LogP contribution >= 0.6 is 23.2 Å². The lowest BCUT2D eigenvalue weighted by molar-refractivity contribution is -0.193. The summed E-state index contributed by atoms with van der Waals surface area (Å²) in [5.41, 5.74) is 7.15. The molecule has 19 heteroatoms. The van der Waals surface area contributed by atoms with Crippen LogP contribution in [0.15, 0.2) is 12.3 Å². The monoisotopic (exact) mass is 610 g/mol. The summed E-state index contributed by atoms with van der Waals surface area (Å²) in [6.45, 7) is 6.68. The third-order valence-corrected chi connectivity index (χ3v) is 4.35. The molecule has 11 nitrogen and oxygen atoms in total. The molecule has 0 aromatic carbocycles. The number of hydrogen-bond acceptors (Lipinski definition) is 8. The normalized spacial score (nSPS) is 11.0. The average Bonchev–Trinajstić information content (AvgIpc) is 2.76. The number of nitrogens with zero attached hydrogens (tertiary/aromatic N) is 4. The Hall–Kier alpha value is -3.60. The van der Waals surface area contributed by atoms with Gasteiger partial charge in [0.25, 0.3) is 5.91 Å². The zero-order valence-corrected chi connectivity index (χ0v) is 22.0. The minimum Gasteiger partial charge on any atom is -0.475 e. The van der Waals surface area contributed by atoms with E-state index in [9.17, 15) is 31.1 Å². The lowest BCUT2D eigenvalue weighted by atomic mass is 10.2. The number of alkyl halides is 6. The van der Waals surface area contributed by atoms with Gasteiger partial charge < -0.3 is 26.2 Å². The summed E-state index contributed by atoms with van der Waals surface area (Å²) >= 11 is 12.0. The summed E-state index contributed by atoms with van der Waals surface area (Å²) in [7, 11) is 1.85. The third-order valence-electron chi connectivity index (χ3n) is 3.89. The molecule has 0 aliphatic carbocycles. The van der Waals surface area contributed by atoms with Crippen LogP contribution in [-0.4, -0.2) is 69.0 Å². The van der Waals surface area contributed by atoms with E-state index in [1.165, 1.54) is 6.20 Å². The molecule has 1 amide bonds. The second-order valence-electron chi connectivity index (χ2n) is 7.73. The van der Waals surface area contributed by atoms with Gasteiger partial charge in [-0.2, -0.15) is 26.3 Å². The van der Waals surface area contributed by atoms with Crippen molar-refractivity contribution >= 4 is 58.4 Å². The number of pyridine rings is 1. The van der Waals surface area contributed by atoms with Crippen LogP contribution in [0.2, 0.25) is 10.3 Å². The maximum absolute atomic E-state index is 12.5. The van der Waals surface area contributed by atoms with E-state index in [4.69, 9.17) is 48.7 Å². The van der Waals surface area contributed by atoms with E-state index < -0.39 is 30.2 Å². The number of carbonyl (C=O) groups excluding carboxylic acids is 1. The van der Waals surface area contributed by atoms with Crippen molar-refractivity contribution in [1.29, 1.82) is 0 Å². The Morgan fingerprint density at radius 1 is 1.05 bits per heavy atom. The van der Waals surface area contributed by atoms with E-state index in [-0.39, 0.29) is 16.7 Å². The Kier molecular flexibility index (Phi) is 13.2. The lowest BCUT2D eigenvalue weighted by Gasteiger charge is -2.21.